The Balaban J connectivity index is 2.26. The lowest BCUT2D eigenvalue weighted by Crippen LogP contribution is -2.12. The highest BCUT2D eigenvalue weighted by atomic mass is 32.1. The van der Waals surface area contributed by atoms with Gasteiger partial charge in [0.2, 0.25) is 0 Å². The molecule has 3 rings (SSSR count). The van der Waals surface area contributed by atoms with Gasteiger partial charge in [-0.2, -0.15) is 11.3 Å². The molecule has 0 N–H and O–H groups in total. The van der Waals surface area contributed by atoms with Crippen molar-refractivity contribution < 1.29 is 4.79 Å². The first-order valence-electron chi connectivity index (χ1n) is 4.54. The maximum Gasteiger partial charge on any atom is 0.194 e. The van der Waals surface area contributed by atoms with Gasteiger partial charge in [-0.05, 0) is 22.9 Å². The van der Waals surface area contributed by atoms with Gasteiger partial charge in [0.15, 0.2) is 5.78 Å². The Kier molecular flexibility index (Phi) is 1.58. The Morgan fingerprint density at radius 1 is 1.00 bits per heavy atom. The van der Waals surface area contributed by atoms with Crippen LogP contribution in [-0.4, -0.2) is 5.78 Å². The topological polar surface area (TPSA) is 17.1 Å². The van der Waals surface area contributed by atoms with Crippen molar-refractivity contribution in [3.8, 4) is 0 Å². The van der Waals surface area contributed by atoms with Gasteiger partial charge in [0.05, 0.1) is 0 Å². The minimum absolute atomic E-state index is 0.183. The summed E-state index contributed by atoms with van der Waals surface area (Å²) in [6, 6.07) is 7.86. The third-order valence-corrected chi connectivity index (χ3v) is 3.42. The standard InChI is InChI=1S/C12H8OS/c13-12-10-4-2-1-3-8(10)5-9-6-14-7-11(9)12/h1-4,6-7H,5H2. The average molecular weight is 200 g/mol. The fourth-order valence-corrected chi connectivity index (χ4v) is 2.74. The van der Waals surface area contributed by atoms with Crippen LogP contribution in [0.3, 0.4) is 0 Å². The van der Waals surface area contributed by atoms with Crippen molar-refractivity contribution >= 4 is 17.1 Å². The first kappa shape index (κ1) is 7.94. The Labute approximate surface area is 86.0 Å². The molecule has 1 aliphatic carbocycles. The van der Waals surface area contributed by atoms with E-state index in [0.717, 1.165) is 23.1 Å². The van der Waals surface area contributed by atoms with Crippen LogP contribution in [-0.2, 0) is 6.42 Å². The zero-order valence-corrected chi connectivity index (χ0v) is 8.30. The Morgan fingerprint density at radius 3 is 2.79 bits per heavy atom. The van der Waals surface area contributed by atoms with Crippen molar-refractivity contribution in [2.24, 2.45) is 0 Å². The first-order chi connectivity index (χ1) is 6.86. The number of hydrogen-bond acceptors (Lipinski definition) is 2. The quantitative estimate of drug-likeness (QED) is 0.545. The summed E-state index contributed by atoms with van der Waals surface area (Å²) in [4.78, 5) is 12.0. The second kappa shape index (κ2) is 2.79. The number of rotatable bonds is 0. The fraction of sp³-hybridized carbons (Fsp3) is 0.0833. The number of carbonyl (C=O) groups is 1. The van der Waals surface area contributed by atoms with Gasteiger partial charge in [-0.15, -0.1) is 0 Å². The van der Waals surface area contributed by atoms with Crippen LogP contribution in [0.2, 0.25) is 0 Å². The van der Waals surface area contributed by atoms with E-state index >= 15 is 0 Å². The van der Waals surface area contributed by atoms with E-state index in [-0.39, 0.29) is 5.78 Å². The monoisotopic (exact) mass is 200 g/mol. The molecule has 0 radical (unpaired) electrons. The Bertz CT molecular complexity index is 511. The number of fused-ring (bicyclic) bond motifs is 2. The van der Waals surface area contributed by atoms with E-state index in [9.17, 15) is 4.79 Å². The third-order valence-electron chi connectivity index (χ3n) is 2.63. The molecule has 1 nitrogen and oxygen atoms in total. The summed E-state index contributed by atoms with van der Waals surface area (Å²) in [5, 5.41) is 4.02. The highest BCUT2D eigenvalue weighted by Gasteiger charge is 2.22. The van der Waals surface area contributed by atoms with Crippen LogP contribution >= 0.6 is 11.3 Å². The van der Waals surface area contributed by atoms with Gasteiger partial charge in [0.25, 0.3) is 0 Å². The summed E-state index contributed by atoms with van der Waals surface area (Å²) in [7, 11) is 0. The van der Waals surface area contributed by atoms with Crippen LogP contribution in [0, 0.1) is 0 Å². The van der Waals surface area contributed by atoms with Gasteiger partial charge in [0.1, 0.15) is 0 Å². The van der Waals surface area contributed by atoms with Crippen LogP contribution in [0.1, 0.15) is 27.0 Å². The molecular weight excluding hydrogens is 192 g/mol. The smallest absolute Gasteiger partial charge is 0.194 e. The minimum Gasteiger partial charge on any atom is -0.289 e. The molecule has 0 aliphatic heterocycles. The average Bonchev–Trinajstić information content (AvgIpc) is 2.66. The molecule has 1 aliphatic rings. The van der Waals surface area contributed by atoms with Crippen LogP contribution < -0.4 is 0 Å². The number of carbonyl (C=O) groups excluding carboxylic acids is 1. The largest absolute Gasteiger partial charge is 0.289 e. The molecule has 68 valence electrons. The highest BCUT2D eigenvalue weighted by Crippen LogP contribution is 2.29. The van der Waals surface area contributed by atoms with E-state index in [1.807, 2.05) is 29.6 Å². The molecule has 0 atom stereocenters. The van der Waals surface area contributed by atoms with Crippen LogP contribution in [0.25, 0.3) is 0 Å². The summed E-state index contributed by atoms with van der Waals surface area (Å²) in [5.74, 6) is 0.183. The summed E-state index contributed by atoms with van der Waals surface area (Å²) in [6.45, 7) is 0. The molecule has 2 aromatic rings. The second-order valence-electron chi connectivity index (χ2n) is 3.47. The van der Waals surface area contributed by atoms with Crippen molar-refractivity contribution in [2.75, 3.05) is 0 Å². The number of hydrogen-bond donors (Lipinski definition) is 0. The molecule has 0 spiro atoms. The highest BCUT2D eigenvalue weighted by molar-refractivity contribution is 7.08. The lowest BCUT2D eigenvalue weighted by molar-refractivity contribution is 0.103. The molecule has 1 heterocycles. The molecule has 0 fully saturated rings. The van der Waals surface area contributed by atoms with Crippen molar-refractivity contribution in [2.45, 2.75) is 6.42 Å². The molecule has 0 saturated carbocycles. The summed E-state index contributed by atoms with van der Waals surface area (Å²) < 4.78 is 0. The molecule has 0 amide bonds. The van der Waals surface area contributed by atoms with Crippen LogP contribution in [0.5, 0.6) is 0 Å². The van der Waals surface area contributed by atoms with Gasteiger partial charge >= 0.3 is 0 Å². The third kappa shape index (κ3) is 0.976. The van der Waals surface area contributed by atoms with E-state index in [0.29, 0.717) is 0 Å². The maximum absolute atomic E-state index is 12.0. The van der Waals surface area contributed by atoms with Gasteiger partial charge in [-0.1, -0.05) is 24.3 Å². The molecule has 2 heteroatoms. The molecule has 0 bridgehead atoms. The van der Waals surface area contributed by atoms with Gasteiger partial charge < -0.3 is 0 Å². The summed E-state index contributed by atoms with van der Waals surface area (Å²) in [5.41, 5.74) is 4.11. The Morgan fingerprint density at radius 2 is 1.86 bits per heavy atom. The minimum atomic E-state index is 0.183. The lowest BCUT2D eigenvalue weighted by Gasteiger charge is -2.14. The molecule has 1 aromatic heterocycles. The van der Waals surface area contributed by atoms with E-state index in [1.54, 1.807) is 11.3 Å². The molecular formula is C12H8OS. The number of benzene rings is 1. The fourth-order valence-electron chi connectivity index (χ4n) is 1.91. The maximum atomic E-state index is 12.0. The zero-order chi connectivity index (χ0) is 9.54. The van der Waals surface area contributed by atoms with E-state index in [2.05, 4.69) is 5.38 Å². The molecule has 14 heavy (non-hydrogen) atoms. The van der Waals surface area contributed by atoms with Crippen LogP contribution in [0.4, 0.5) is 0 Å². The lowest BCUT2D eigenvalue weighted by atomic mass is 9.88. The zero-order valence-electron chi connectivity index (χ0n) is 7.49. The SMILES string of the molecule is O=C1c2ccccc2Cc2cscc21. The van der Waals surface area contributed by atoms with Crippen molar-refractivity contribution in [3.63, 3.8) is 0 Å². The van der Waals surface area contributed by atoms with Crippen molar-refractivity contribution in [1.29, 1.82) is 0 Å². The van der Waals surface area contributed by atoms with Crippen molar-refractivity contribution in [1.82, 2.24) is 0 Å². The number of ketones is 1. The summed E-state index contributed by atoms with van der Waals surface area (Å²) in [6.07, 6.45) is 0.904. The van der Waals surface area contributed by atoms with Gasteiger partial charge in [-0.25, -0.2) is 0 Å². The van der Waals surface area contributed by atoms with Gasteiger partial charge in [-0.3, -0.25) is 4.79 Å². The van der Waals surface area contributed by atoms with E-state index in [1.165, 1.54) is 5.56 Å². The predicted molar refractivity (Wildman–Crippen MR) is 57.0 cm³/mol. The predicted octanol–water partition coefficient (Wildman–Crippen LogP) is 2.88. The molecule has 0 unspecified atom stereocenters. The van der Waals surface area contributed by atoms with E-state index < -0.39 is 0 Å². The normalized spacial score (nSPS) is 13.6. The van der Waals surface area contributed by atoms with Crippen molar-refractivity contribution in [3.05, 3.63) is 57.3 Å². The second-order valence-corrected chi connectivity index (χ2v) is 4.22. The first-order valence-corrected chi connectivity index (χ1v) is 5.48. The Hall–Kier alpha value is -1.41. The number of thiophene rings is 1. The summed E-state index contributed by atoms with van der Waals surface area (Å²) >= 11 is 1.61. The van der Waals surface area contributed by atoms with Gasteiger partial charge in [0, 0.05) is 16.5 Å². The molecule has 0 saturated heterocycles. The van der Waals surface area contributed by atoms with E-state index in [4.69, 9.17) is 0 Å². The molecule has 1 aromatic carbocycles. The van der Waals surface area contributed by atoms with Crippen LogP contribution in [0.15, 0.2) is 35.0 Å².